The van der Waals surface area contributed by atoms with Crippen LogP contribution < -0.4 is 10.2 Å². The van der Waals surface area contributed by atoms with Gasteiger partial charge in [-0.05, 0) is 55.3 Å². The van der Waals surface area contributed by atoms with Crippen LogP contribution in [0.4, 0.5) is 20.2 Å². The van der Waals surface area contributed by atoms with E-state index < -0.39 is 5.72 Å². The summed E-state index contributed by atoms with van der Waals surface area (Å²) < 4.78 is 32.5. The van der Waals surface area contributed by atoms with Crippen LogP contribution in [0.15, 0.2) is 42.5 Å². The Labute approximate surface area is 159 Å². The Morgan fingerprint density at radius 1 is 1.22 bits per heavy atom. The zero-order valence-electron chi connectivity index (χ0n) is 15.8. The van der Waals surface area contributed by atoms with Crippen molar-refractivity contribution in [1.29, 1.82) is 0 Å². The minimum Gasteiger partial charge on any atom is -0.347 e. The van der Waals surface area contributed by atoms with Gasteiger partial charge >= 0.3 is 0 Å². The predicted molar refractivity (Wildman–Crippen MR) is 104 cm³/mol. The Bertz CT molecular complexity index is 826. The average Bonchev–Trinajstić information content (AvgIpc) is 3.36. The number of carbonyl (C=O) groups excluding carboxylic acids is 1. The molecule has 1 N–H and O–H groups in total. The average molecular weight is 376 g/mol. The lowest BCUT2D eigenvalue weighted by molar-refractivity contribution is -0.121. The van der Waals surface area contributed by atoms with Crippen molar-refractivity contribution in [3.05, 3.63) is 59.7 Å². The number of amides is 1. The number of nitrogens with zero attached hydrogens (tertiary/aromatic N) is 1. The second-order valence-corrected chi connectivity index (χ2v) is 6.56. The van der Waals surface area contributed by atoms with Crippen LogP contribution in [-0.2, 0) is 9.53 Å². The second-order valence-electron chi connectivity index (χ2n) is 6.56. The Kier molecular flexibility index (Phi) is 5.46. The van der Waals surface area contributed by atoms with Crippen molar-refractivity contribution < 1.29 is 19.7 Å². The van der Waals surface area contributed by atoms with Gasteiger partial charge in [0.2, 0.25) is 5.91 Å². The third-order valence-electron chi connectivity index (χ3n) is 4.98. The monoisotopic (exact) mass is 376 g/mol. The van der Waals surface area contributed by atoms with Crippen molar-refractivity contribution in [2.75, 3.05) is 23.4 Å². The highest BCUT2D eigenvalue weighted by Gasteiger charge is 2.62. The number of halogens is 2. The van der Waals surface area contributed by atoms with Crippen molar-refractivity contribution in [2.24, 2.45) is 5.92 Å². The molecule has 1 amide bonds. The standard InChI is InChI=1S/C19H18F2N2O2.C2H6.H2/c1-12-2-5-14(10-17(12)21)22-18(24)16-8-9-23(19(16)11-25-19)15-6-3-13(20)4-7-15;1-2;/h2-7,10,16H,8-9,11H2,1H3,(H,22,24);1-2H3;1H. The molecule has 2 heterocycles. The van der Waals surface area contributed by atoms with Gasteiger partial charge in [0.05, 0.1) is 12.5 Å². The maximum Gasteiger partial charge on any atom is 0.232 e. The highest BCUT2D eigenvalue weighted by molar-refractivity contribution is 5.94. The summed E-state index contributed by atoms with van der Waals surface area (Å²) in [7, 11) is 0. The predicted octanol–water partition coefficient (Wildman–Crippen LogP) is 4.74. The summed E-state index contributed by atoms with van der Waals surface area (Å²) in [5.74, 6) is -1.20. The summed E-state index contributed by atoms with van der Waals surface area (Å²) in [5, 5.41) is 2.78. The van der Waals surface area contributed by atoms with Gasteiger partial charge in [-0.2, -0.15) is 0 Å². The Morgan fingerprint density at radius 2 is 1.89 bits per heavy atom. The first-order valence-electron chi connectivity index (χ1n) is 9.24. The van der Waals surface area contributed by atoms with Crippen LogP contribution in [0.3, 0.4) is 0 Å². The lowest BCUT2D eigenvalue weighted by Gasteiger charge is -2.26. The Morgan fingerprint density at radius 3 is 2.48 bits per heavy atom. The number of hydrogen-bond acceptors (Lipinski definition) is 3. The van der Waals surface area contributed by atoms with E-state index in [-0.39, 0.29) is 24.9 Å². The fourth-order valence-electron chi connectivity index (χ4n) is 3.50. The van der Waals surface area contributed by atoms with Crippen LogP contribution in [-0.4, -0.2) is 24.8 Å². The molecule has 2 saturated heterocycles. The molecule has 0 bridgehead atoms. The largest absolute Gasteiger partial charge is 0.347 e. The van der Waals surface area contributed by atoms with E-state index in [2.05, 4.69) is 5.32 Å². The van der Waals surface area contributed by atoms with Gasteiger partial charge in [0, 0.05) is 19.3 Å². The number of ether oxygens (including phenoxy) is 1. The van der Waals surface area contributed by atoms with E-state index in [4.69, 9.17) is 4.74 Å². The van der Waals surface area contributed by atoms with Gasteiger partial charge in [0.25, 0.3) is 0 Å². The number of hydrogen-bond donors (Lipinski definition) is 1. The van der Waals surface area contributed by atoms with Crippen molar-refractivity contribution >= 4 is 17.3 Å². The molecule has 4 nitrogen and oxygen atoms in total. The lowest BCUT2D eigenvalue weighted by atomic mass is 9.99. The maximum absolute atomic E-state index is 13.7. The molecule has 2 fully saturated rings. The van der Waals surface area contributed by atoms with E-state index in [9.17, 15) is 13.6 Å². The summed E-state index contributed by atoms with van der Waals surface area (Å²) in [5.41, 5.74) is 1.12. The number of benzene rings is 2. The molecule has 4 rings (SSSR count). The zero-order valence-corrected chi connectivity index (χ0v) is 15.8. The van der Waals surface area contributed by atoms with E-state index in [1.54, 1.807) is 31.2 Å². The Hall–Kier alpha value is -2.47. The van der Waals surface area contributed by atoms with Gasteiger partial charge in [-0.3, -0.25) is 4.79 Å². The summed E-state index contributed by atoms with van der Waals surface area (Å²) >= 11 is 0. The number of anilines is 2. The molecule has 2 atom stereocenters. The van der Waals surface area contributed by atoms with Gasteiger partial charge in [-0.15, -0.1) is 0 Å². The van der Waals surface area contributed by atoms with Crippen molar-refractivity contribution in [2.45, 2.75) is 32.9 Å². The molecule has 2 aromatic carbocycles. The SMILES string of the molecule is CC.Cc1ccc(NC(=O)C2CCN(c3ccc(F)cc3)C23CO3)cc1F.[HH]. The van der Waals surface area contributed by atoms with E-state index in [1.807, 2.05) is 18.7 Å². The molecule has 27 heavy (non-hydrogen) atoms. The molecular weight excluding hydrogens is 350 g/mol. The molecule has 0 saturated carbocycles. The van der Waals surface area contributed by atoms with Crippen LogP contribution in [0.2, 0.25) is 0 Å². The summed E-state index contributed by atoms with van der Waals surface area (Å²) in [6.45, 7) is 6.77. The van der Waals surface area contributed by atoms with Crippen LogP contribution in [0.1, 0.15) is 27.3 Å². The highest BCUT2D eigenvalue weighted by Crippen LogP contribution is 2.48. The van der Waals surface area contributed by atoms with Crippen molar-refractivity contribution in [3.8, 4) is 0 Å². The smallest absolute Gasteiger partial charge is 0.232 e. The number of rotatable bonds is 3. The Balaban J connectivity index is 0.000000906. The van der Waals surface area contributed by atoms with Crippen LogP contribution in [0.25, 0.3) is 0 Å². The molecular formula is C21H26F2N2O2. The molecule has 146 valence electrons. The quantitative estimate of drug-likeness (QED) is 0.787. The fourth-order valence-corrected chi connectivity index (χ4v) is 3.50. The van der Waals surface area contributed by atoms with Crippen LogP contribution >= 0.6 is 0 Å². The highest BCUT2D eigenvalue weighted by atomic mass is 19.1. The number of aryl methyl sites for hydroxylation is 1. The molecule has 6 heteroatoms. The zero-order chi connectivity index (χ0) is 19.6. The first-order chi connectivity index (χ1) is 13.0. The van der Waals surface area contributed by atoms with Crippen molar-refractivity contribution in [3.63, 3.8) is 0 Å². The second kappa shape index (κ2) is 7.64. The normalized spacial score (nSPS) is 23.0. The molecule has 2 aliphatic heterocycles. The summed E-state index contributed by atoms with van der Waals surface area (Å²) in [6.07, 6.45) is 0.623. The van der Waals surface area contributed by atoms with Gasteiger partial charge in [0.1, 0.15) is 11.6 Å². The number of nitrogens with one attached hydrogen (secondary N) is 1. The number of epoxide rings is 1. The van der Waals surface area contributed by atoms with Crippen molar-refractivity contribution in [1.82, 2.24) is 0 Å². The number of carbonyl (C=O) groups is 1. The molecule has 0 aliphatic carbocycles. The molecule has 2 unspecified atom stereocenters. The van der Waals surface area contributed by atoms with Gasteiger partial charge < -0.3 is 15.0 Å². The third-order valence-corrected chi connectivity index (χ3v) is 4.98. The van der Waals surface area contributed by atoms with Gasteiger partial charge in [-0.25, -0.2) is 8.78 Å². The van der Waals surface area contributed by atoms with Gasteiger partial charge in [-0.1, -0.05) is 19.9 Å². The van der Waals surface area contributed by atoms with Gasteiger partial charge in [0.15, 0.2) is 5.72 Å². The first kappa shape index (κ1) is 19.3. The van der Waals surface area contributed by atoms with Crippen LogP contribution in [0, 0.1) is 24.5 Å². The first-order valence-corrected chi connectivity index (χ1v) is 9.24. The molecule has 1 spiro atoms. The van der Waals surface area contributed by atoms with E-state index in [1.165, 1.54) is 18.2 Å². The molecule has 2 aliphatic rings. The summed E-state index contributed by atoms with van der Waals surface area (Å²) in [6, 6.07) is 10.8. The van der Waals surface area contributed by atoms with E-state index in [0.29, 0.717) is 30.8 Å². The lowest BCUT2D eigenvalue weighted by Crippen LogP contribution is -2.41. The third kappa shape index (κ3) is 3.67. The summed E-state index contributed by atoms with van der Waals surface area (Å²) in [4.78, 5) is 14.7. The molecule has 0 radical (unpaired) electrons. The van der Waals surface area contributed by atoms with E-state index in [0.717, 1.165) is 5.69 Å². The van der Waals surface area contributed by atoms with E-state index >= 15 is 0 Å². The fraction of sp³-hybridized carbons (Fsp3) is 0.381. The molecule has 0 aromatic heterocycles. The minimum atomic E-state index is -0.675. The molecule has 2 aromatic rings. The maximum atomic E-state index is 13.7. The van der Waals surface area contributed by atoms with Crippen LogP contribution in [0.5, 0.6) is 0 Å². The minimum absolute atomic E-state index is 0. The topological polar surface area (TPSA) is 44.9 Å².